The molecule has 0 aliphatic heterocycles. The average molecular weight is 244 g/mol. The number of rotatable bonds is 7. The Labute approximate surface area is 113 Å². The molecule has 0 saturated heterocycles. The van der Waals surface area contributed by atoms with Gasteiger partial charge in [-0.3, -0.25) is 0 Å². The van der Waals surface area contributed by atoms with Gasteiger partial charge < -0.3 is 0 Å². The van der Waals surface area contributed by atoms with Crippen molar-refractivity contribution in [3.8, 4) is 0 Å². The lowest BCUT2D eigenvalue weighted by atomic mass is 9.94. The maximum Gasteiger partial charge on any atom is -0.0228 e. The lowest BCUT2D eigenvalue weighted by molar-refractivity contribution is 0.758. The molecule has 0 saturated carbocycles. The van der Waals surface area contributed by atoms with E-state index in [4.69, 9.17) is 0 Å². The molecular weight excluding hydrogens is 216 g/mol. The molecular formula is C18H28. The van der Waals surface area contributed by atoms with E-state index in [0.29, 0.717) is 0 Å². The first-order chi connectivity index (χ1) is 8.72. The van der Waals surface area contributed by atoms with Gasteiger partial charge in [0, 0.05) is 0 Å². The molecule has 0 aliphatic rings. The van der Waals surface area contributed by atoms with Crippen LogP contribution in [0.3, 0.4) is 0 Å². The molecule has 1 aromatic carbocycles. The van der Waals surface area contributed by atoms with Gasteiger partial charge in [0.05, 0.1) is 0 Å². The predicted molar refractivity (Wildman–Crippen MR) is 83.0 cm³/mol. The summed E-state index contributed by atoms with van der Waals surface area (Å²) in [4.78, 5) is 0. The Morgan fingerprint density at radius 3 is 2.17 bits per heavy atom. The first-order valence-corrected chi connectivity index (χ1v) is 7.48. The fourth-order valence-corrected chi connectivity index (χ4v) is 2.25. The monoisotopic (exact) mass is 244 g/mol. The fourth-order valence-electron chi connectivity index (χ4n) is 2.25. The van der Waals surface area contributed by atoms with Crippen LogP contribution in [0.4, 0.5) is 0 Å². The minimum Gasteiger partial charge on any atom is -0.0841 e. The zero-order valence-corrected chi connectivity index (χ0v) is 12.6. The maximum absolute atomic E-state index is 2.41. The van der Waals surface area contributed by atoms with E-state index in [1.165, 1.54) is 49.7 Å². The van der Waals surface area contributed by atoms with E-state index in [1.807, 2.05) is 0 Å². The van der Waals surface area contributed by atoms with Crippen LogP contribution in [0.2, 0.25) is 0 Å². The Hall–Kier alpha value is -1.04. The van der Waals surface area contributed by atoms with E-state index >= 15 is 0 Å². The van der Waals surface area contributed by atoms with Crippen LogP contribution in [0.15, 0.2) is 24.3 Å². The minimum atomic E-state index is 1.24. The van der Waals surface area contributed by atoms with Gasteiger partial charge in [0.1, 0.15) is 0 Å². The summed E-state index contributed by atoms with van der Waals surface area (Å²) in [6, 6.07) is 7.05. The highest BCUT2D eigenvalue weighted by molar-refractivity contribution is 5.64. The van der Waals surface area contributed by atoms with Crippen molar-refractivity contribution in [2.24, 2.45) is 0 Å². The molecule has 0 N–H and O–H groups in total. The Morgan fingerprint density at radius 1 is 1.00 bits per heavy atom. The molecule has 0 nitrogen and oxygen atoms in total. The van der Waals surface area contributed by atoms with Gasteiger partial charge in [-0.2, -0.15) is 0 Å². The van der Waals surface area contributed by atoms with Crippen LogP contribution < -0.4 is 0 Å². The summed E-state index contributed by atoms with van der Waals surface area (Å²) in [5.74, 6) is 0. The predicted octanol–water partition coefficient (Wildman–Crippen LogP) is 5.80. The summed E-state index contributed by atoms with van der Waals surface area (Å²) in [6.45, 7) is 8.85. The van der Waals surface area contributed by atoms with Crippen molar-refractivity contribution in [2.45, 2.75) is 66.2 Å². The van der Waals surface area contributed by atoms with Crippen molar-refractivity contribution >= 4 is 5.57 Å². The number of benzene rings is 1. The van der Waals surface area contributed by atoms with Gasteiger partial charge in [0.15, 0.2) is 0 Å². The molecule has 0 heterocycles. The molecule has 0 aromatic heterocycles. The van der Waals surface area contributed by atoms with Crippen molar-refractivity contribution in [3.05, 3.63) is 41.0 Å². The van der Waals surface area contributed by atoms with Crippen molar-refractivity contribution < 1.29 is 0 Å². The SMILES string of the molecule is C/C=C(/C)c1ccc(CCCC)c(CCCC)c1. The van der Waals surface area contributed by atoms with E-state index in [2.05, 4.69) is 52.0 Å². The van der Waals surface area contributed by atoms with Crippen LogP contribution in [-0.2, 0) is 12.8 Å². The summed E-state index contributed by atoms with van der Waals surface area (Å²) in [5.41, 5.74) is 5.92. The maximum atomic E-state index is 2.41. The second kappa shape index (κ2) is 8.13. The first kappa shape index (κ1) is 15.0. The molecule has 0 amide bonds. The highest BCUT2D eigenvalue weighted by Gasteiger charge is 2.04. The van der Waals surface area contributed by atoms with Gasteiger partial charge in [0.2, 0.25) is 0 Å². The zero-order chi connectivity index (χ0) is 13.4. The normalized spacial score (nSPS) is 11.9. The second-order valence-corrected chi connectivity index (χ2v) is 5.16. The molecule has 0 spiro atoms. The van der Waals surface area contributed by atoms with Gasteiger partial charge in [-0.25, -0.2) is 0 Å². The van der Waals surface area contributed by atoms with Crippen molar-refractivity contribution in [2.75, 3.05) is 0 Å². The summed E-state index contributed by atoms with van der Waals surface area (Å²) in [6.07, 6.45) is 9.84. The van der Waals surface area contributed by atoms with E-state index in [-0.39, 0.29) is 0 Å². The van der Waals surface area contributed by atoms with Crippen LogP contribution in [0.1, 0.15) is 70.1 Å². The third-order valence-corrected chi connectivity index (χ3v) is 3.69. The van der Waals surface area contributed by atoms with Crippen LogP contribution in [0.25, 0.3) is 5.57 Å². The molecule has 1 rings (SSSR count). The number of hydrogen-bond acceptors (Lipinski definition) is 0. The molecule has 0 fully saturated rings. The molecule has 0 radical (unpaired) electrons. The fraction of sp³-hybridized carbons (Fsp3) is 0.556. The second-order valence-electron chi connectivity index (χ2n) is 5.16. The largest absolute Gasteiger partial charge is 0.0841 e. The zero-order valence-electron chi connectivity index (χ0n) is 12.6. The van der Waals surface area contributed by atoms with E-state index in [1.54, 1.807) is 11.1 Å². The third-order valence-electron chi connectivity index (χ3n) is 3.69. The average Bonchev–Trinajstić information content (AvgIpc) is 2.42. The Bertz CT molecular complexity index is 385. The van der Waals surface area contributed by atoms with Crippen LogP contribution in [0.5, 0.6) is 0 Å². The van der Waals surface area contributed by atoms with E-state index < -0.39 is 0 Å². The Morgan fingerprint density at radius 2 is 1.61 bits per heavy atom. The van der Waals surface area contributed by atoms with Crippen molar-refractivity contribution in [1.29, 1.82) is 0 Å². The number of allylic oxidation sites excluding steroid dienone is 2. The highest BCUT2D eigenvalue weighted by atomic mass is 14.1. The standard InChI is InChI=1S/C18H28/c1-5-8-10-16-12-13-17(15(4)7-3)14-18(16)11-9-6-2/h7,12-14H,5-6,8-11H2,1-4H3/b15-7-. The van der Waals surface area contributed by atoms with E-state index in [9.17, 15) is 0 Å². The first-order valence-electron chi connectivity index (χ1n) is 7.48. The van der Waals surface area contributed by atoms with Gasteiger partial charge >= 0.3 is 0 Å². The number of unbranched alkanes of at least 4 members (excludes halogenated alkanes) is 2. The number of aryl methyl sites for hydroxylation is 2. The molecule has 0 bridgehead atoms. The molecule has 0 atom stereocenters. The van der Waals surface area contributed by atoms with Crippen LogP contribution >= 0.6 is 0 Å². The van der Waals surface area contributed by atoms with Gasteiger partial charge in [0.25, 0.3) is 0 Å². The molecule has 100 valence electrons. The van der Waals surface area contributed by atoms with Gasteiger partial charge in [-0.15, -0.1) is 0 Å². The molecule has 0 aliphatic carbocycles. The minimum absolute atomic E-state index is 1.24. The topological polar surface area (TPSA) is 0 Å². The Balaban J connectivity index is 2.95. The molecule has 0 unspecified atom stereocenters. The summed E-state index contributed by atoms with van der Waals surface area (Å²) >= 11 is 0. The lowest BCUT2D eigenvalue weighted by Gasteiger charge is -2.12. The van der Waals surface area contributed by atoms with Crippen molar-refractivity contribution in [3.63, 3.8) is 0 Å². The number of hydrogen-bond donors (Lipinski definition) is 0. The Kier molecular flexibility index (Phi) is 6.78. The summed E-state index contributed by atoms with van der Waals surface area (Å²) < 4.78 is 0. The quantitative estimate of drug-likeness (QED) is 0.569. The summed E-state index contributed by atoms with van der Waals surface area (Å²) in [5, 5.41) is 0. The van der Waals surface area contributed by atoms with Crippen LogP contribution in [0, 0.1) is 0 Å². The van der Waals surface area contributed by atoms with Gasteiger partial charge in [-0.05, 0) is 61.8 Å². The van der Waals surface area contributed by atoms with Gasteiger partial charge in [-0.1, -0.05) is 51.0 Å². The van der Waals surface area contributed by atoms with Crippen LogP contribution in [-0.4, -0.2) is 0 Å². The molecule has 0 heteroatoms. The molecule has 1 aromatic rings. The molecule has 18 heavy (non-hydrogen) atoms. The van der Waals surface area contributed by atoms with E-state index in [0.717, 1.165) is 0 Å². The highest BCUT2D eigenvalue weighted by Crippen LogP contribution is 2.21. The lowest BCUT2D eigenvalue weighted by Crippen LogP contribution is -1.96. The van der Waals surface area contributed by atoms with Crippen molar-refractivity contribution in [1.82, 2.24) is 0 Å². The smallest absolute Gasteiger partial charge is 0.0228 e. The summed E-state index contributed by atoms with van der Waals surface area (Å²) in [7, 11) is 0. The third kappa shape index (κ3) is 4.33.